The van der Waals surface area contributed by atoms with Crippen molar-refractivity contribution in [1.29, 1.82) is 0 Å². The number of hydrogen-bond donors (Lipinski definition) is 1. The molecule has 4 nitrogen and oxygen atoms in total. The second-order valence-corrected chi connectivity index (χ2v) is 5.70. The summed E-state index contributed by atoms with van der Waals surface area (Å²) >= 11 is 12.0. The first-order chi connectivity index (χ1) is 11.1. The molecule has 116 valence electrons. The van der Waals surface area contributed by atoms with Gasteiger partial charge in [-0.05, 0) is 36.4 Å². The summed E-state index contributed by atoms with van der Waals surface area (Å²) in [5, 5.41) is 4.21. The van der Waals surface area contributed by atoms with E-state index in [2.05, 4.69) is 15.3 Å². The number of nitrogens with one attached hydrogen (secondary N) is 1. The number of benzene rings is 2. The molecule has 6 heteroatoms. The summed E-state index contributed by atoms with van der Waals surface area (Å²) in [5.74, 6) is 1.28. The number of rotatable bonds is 4. The minimum atomic E-state index is 0.493. The fourth-order valence-electron chi connectivity index (χ4n) is 2.07. The Labute approximate surface area is 144 Å². The van der Waals surface area contributed by atoms with Crippen LogP contribution < -0.4 is 10.2 Å². The molecule has 0 bridgehead atoms. The lowest BCUT2D eigenvalue weighted by Crippen LogP contribution is -2.13. The molecule has 3 aromatic rings. The molecule has 0 aliphatic rings. The van der Waals surface area contributed by atoms with Crippen molar-refractivity contribution in [2.24, 2.45) is 0 Å². The van der Waals surface area contributed by atoms with Crippen LogP contribution in [0.4, 0.5) is 23.1 Å². The molecule has 0 atom stereocenters. The first-order valence-electron chi connectivity index (χ1n) is 6.97. The molecule has 0 radical (unpaired) electrons. The van der Waals surface area contributed by atoms with E-state index in [1.807, 2.05) is 48.3 Å². The molecule has 0 aliphatic carbocycles. The van der Waals surface area contributed by atoms with Gasteiger partial charge in [0.15, 0.2) is 0 Å². The maximum absolute atomic E-state index is 6.03. The summed E-state index contributed by atoms with van der Waals surface area (Å²) in [6.45, 7) is 0. The van der Waals surface area contributed by atoms with Gasteiger partial charge in [-0.25, -0.2) is 4.98 Å². The van der Waals surface area contributed by atoms with E-state index in [9.17, 15) is 0 Å². The Morgan fingerprint density at radius 3 is 2.48 bits per heavy atom. The van der Waals surface area contributed by atoms with Crippen molar-refractivity contribution in [3.63, 3.8) is 0 Å². The number of anilines is 4. The Balaban J connectivity index is 1.83. The zero-order chi connectivity index (χ0) is 16.2. The number of nitrogens with zero attached hydrogens (tertiary/aromatic N) is 3. The van der Waals surface area contributed by atoms with Crippen molar-refractivity contribution in [3.05, 3.63) is 70.8 Å². The van der Waals surface area contributed by atoms with Crippen LogP contribution in [0.5, 0.6) is 0 Å². The zero-order valence-corrected chi connectivity index (χ0v) is 13.9. The molecular weight excluding hydrogens is 331 g/mol. The standard InChI is InChI=1S/C17H14Cl2N4/c1-23(13-5-3-2-4-6-13)17-20-10-9-16(22-17)21-12-7-8-14(18)15(19)11-12/h2-11H,1H3,(H,20,21,22). The number of para-hydroxylation sites is 1. The van der Waals surface area contributed by atoms with Crippen LogP contribution in [0.1, 0.15) is 0 Å². The lowest BCUT2D eigenvalue weighted by atomic mass is 10.3. The molecule has 1 N–H and O–H groups in total. The SMILES string of the molecule is CN(c1ccccc1)c1nccc(Nc2ccc(Cl)c(Cl)c2)n1. The Bertz CT molecular complexity index is 809. The Hall–Kier alpha value is -2.30. The summed E-state index contributed by atoms with van der Waals surface area (Å²) in [5.41, 5.74) is 1.82. The second-order valence-electron chi connectivity index (χ2n) is 4.89. The van der Waals surface area contributed by atoms with Gasteiger partial charge in [0.2, 0.25) is 5.95 Å². The van der Waals surface area contributed by atoms with Gasteiger partial charge >= 0.3 is 0 Å². The Morgan fingerprint density at radius 2 is 1.74 bits per heavy atom. The molecule has 3 rings (SSSR count). The van der Waals surface area contributed by atoms with Crippen LogP contribution in [-0.4, -0.2) is 17.0 Å². The maximum atomic E-state index is 6.03. The van der Waals surface area contributed by atoms with Crippen LogP contribution >= 0.6 is 23.2 Å². The van der Waals surface area contributed by atoms with Crippen molar-refractivity contribution in [1.82, 2.24) is 9.97 Å². The minimum Gasteiger partial charge on any atom is -0.340 e. The van der Waals surface area contributed by atoms with Crippen molar-refractivity contribution >= 4 is 46.3 Å². The lowest BCUT2D eigenvalue weighted by molar-refractivity contribution is 1.04. The maximum Gasteiger partial charge on any atom is 0.231 e. The third-order valence-electron chi connectivity index (χ3n) is 3.28. The van der Waals surface area contributed by atoms with Gasteiger partial charge in [-0.2, -0.15) is 4.98 Å². The molecule has 2 aromatic carbocycles. The molecule has 0 fully saturated rings. The van der Waals surface area contributed by atoms with E-state index in [1.165, 1.54) is 0 Å². The molecule has 0 unspecified atom stereocenters. The van der Waals surface area contributed by atoms with E-state index in [4.69, 9.17) is 23.2 Å². The average molecular weight is 345 g/mol. The minimum absolute atomic E-state index is 0.493. The van der Waals surface area contributed by atoms with Crippen LogP contribution in [-0.2, 0) is 0 Å². The largest absolute Gasteiger partial charge is 0.340 e. The van der Waals surface area contributed by atoms with Gasteiger partial charge in [-0.15, -0.1) is 0 Å². The molecule has 0 spiro atoms. The molecule has 1 aromatic heterocycles. The predicted octanol–water partition coefficient (Wildman–Crippen LogP) is 5.29. The third kappa shape index (κ3) is 3.73. The van der Waals surface area contributed by atoms with Crippen molar-refractivity contribution in [3.8, 4) is 0 Å². The number of aromatic nitrogens is 2. The van der Waals surface area contributed by atoms with Crippen molar-refractivity contribution in [2.75, 3.05) is 17.3 Å². The van der Waals surface area contributed by atoms with Crippen LogP contribution in [0.2, 0.25) is 10.0 Å². The topological polar surface area (TPSA) is 41.1 Å². The normalized spacial score (nSPS) is 10.4. The molecular formula is C17H14Cl2N4. The second kappa shape index (κ2) is 6.86. The predicted molar refractivity (Wildman–Crippen MR) is 96.3 cm³/mol. The van der Waals surface area contributed by atoms with Gasteiger partial charge in [0, 0.05) is 24.6 Å². The highest BCUT2D eigenvalue weighted by molar-refractivity contribution is 6.42. The summed E-state index contributed by atoms with van der Waals surface area (Å²) in [7, 11) is 1.92. The van der Waals surface area contributed by atoms with E-state index in [0.717, 1.165) is 11.4 Å². The molecule has 0 aliphatic heterocycles. The lowest BCUT2D eigenvalue weighted by Gasteiger charge is -2.17. The summed E-state index contributed by atoms with van der Waals surface area (Å²) in [4.78, 5) is 10.8. The van der Waals surface area contributed by atoms with Crippen molar-refractivity contribution in [2.45, 2.75) is 0 Å². The molecule has 0 saturated heterocycles. The summed E-state index contributed by atoms with van der Waals surface area (Å²) in [6.07, 6.45) is 1.71. The van der Waals surface area contributed by atoms with E-state index in [1.54, 1.807) is 24.4 Å². The number of hydrogen-bond acceptors (Lipinski definition) is 4. The van der Waals surface area contributed by atoms with Gasteiger partial charge in [-0.3, -0.25) is 0 Å². The molecule has 0 saturated carbocycles. The van der Waals surface area contributed by atoms with Crippen LogP contribution in [0.3, 0.4) is 0 Å². The highest BCUT2D eigenvalue weighted by atomic mass is 35.5. The first-order valence-corrected chi connectivity index (χ1v) is 7.73. The van der Waals surface area contributed by atoms with Crippen LogP contribution in [0, 0.1) is 0 Å². The van der Waals surface area contributed by atoms with E-state index >= 15 is 0 Å². The summed E-state index contributed by atoms with van der Waals surface area (Å²) < 4.78 is 0. The Morgan fingerprint density at radius 1 is 0.957 bits per heavy atom. The van der Waals surface area contributed by atoms with Crippen LogP contribution in [0.25, 0.3) is 0 Å². The molecule has 23 heavy (non-hydrogen) atoms. The summed E-state index contributed by atoms with van der Waals surface area (Å²) in [6, 6.07) is 17.1. The van der Waals surface area contributed by atoms with Gasteiger partial charge in [-0.1, -0.05) is 41.4 Å². The zero-order valence-electron chi connectivity index (χ0n) is 12.4. The van der Waals surface area contributed by atoms with Crippen LogP contribution in [0.15, 0.2) is 60.8 Å². The van der Waals surface area contributed by atoms with Gasteiger partial charge in [0.05, 0.1) is 10.0 Å². The Kier molecular flexibility index (Phi) is 4.65. The van der Waals surface area contributed by atoms with E-state index in [-0.39, 0.29) is 0 Å². The van der Waals surface area contributed by atoms with Gasteiger partial charge in [0.1, 0.15) is 5.82 Å². The third-order valence-corrected chi connectivity index (χ3v) is 4.02. The van der Waals surface area contributed by atoms with E-state index in [0.29, 0.717) is 21.8 Å². The smallest absolute Gasteiger partial charge is 0.231 e. The number of halogens is 2. The van der Waals surface area contributed by atoms with Gasteiger partial charge in [0.25, 0.3) is 0 Å². The monoisotopic (exact) mass is 344 g/mol. The molecule has 1 heterocycles. The highest BCUT2D eigenvalue weighted by Crippen LogP contribution is 2.27. The first kappa shape index (κ1) is 15.6. The molecule has 0 amide bonds. The fraction of sp³-hybridized carbons (Fsp3) is 0.0588. The quantitative estimate of drug-likeness (QED) is 0.697. The highest BCUT2D eigenvalue weighted by Gasteiger charge is 2.08. The average Bonchev–Trinajstić information content (AvgIpc) is 2.58. The van der Waals surface area contributed by atoms with E-state index < -0.39 is 0 Å². The van der Waals surface area contributed by atoms with Crippen molar-refractivity contribution < 1.29 is 0 Å². The van der Waals surface area contributed by atoms with Gasteiger partial charge < -0.3 is 10.2 Å². The fourth-order valence-corrected chi connectivity index (χ4v) is 2.37.